The molecule has 1 aromatic carbocycles. The van der Waals surface area contributed by atoms with Crippen molar-refractivity contribution in [3.63, 3.8) is 0 Å². The van der Waals surface area contributed by atoms with Crippen molar-refractivity contribution in [3.05, 3.63) is 51.0 Å². The van der Waals surface area contributed by atoms with Gasteiger partial charge in [0.25, 0.3) is 0 Å². The number of nitrogens with zero attached hydrogens (tertiary/aromatic N) is 4. The quantitative estimate of drug-likeness (QED) is 0.841. The third-order valence-corrected chi connectivity index (χ3v) is 3.45. The Balaban J connectivity index is 2.13. The zero-order valence-electron chi connectivity index (χ0n) is 11.0. The standard InChI is InChI=1S/C13H14ClN5/c1-8-9(2)19(10(3)15-8)18-7-11-4-5-12(14)6-13(11)16-17-18/h4-7,17H,1-3H3. The normalized spacial score (nSPS) is 13.4. The fourth-order valence-corrected chi connectivity index (χ4v) is 2.34. The molecule has 0 atom stereocenters. The van der Waals surface area contributed by atoms with Gasteiger partial charge in [0.1, 0.15) is 5.82 Å². The number of rotatable bonds is 1. The lowest BCUT2D eigenvalue weighted by Gasteiger charge is -2.24. The molecule has 6 heteroatoms. The summed E-state index contributed by atoms with van der Waals surface area (Å²) >= 11 is 5.95. The molecule has 2 aromatic rings. The molecular formula is C13H14ClN5. The second-order valence-electron chi connectivity index (χ2n) is 4.53. The maximum absolute atomic E-state index is 5.95. The molecule has 0 fully saturated rings. The smallest absolute Gasteiger partial charge is 0.127 e. The predicted molar refractivity (Wildman–Crippen MR) is 74.5 cm³/mol. The van der Waals surface area contributed by atoms with Crippen molar-refractivity contribution in [2.24, 2.45) is 5.10 Å². The number of nitrogens with one attached hydrogen (secondary N) is 1. The van der Waals surface area contributed by atoms with Crippen LogP contribution in [0.1, 0.15) is 17.2 Å². The maximum Gasteiger partial charge on any atom is 0.127 e. The highest BCUT2D eigenvalue weighted by molar-refractivity contribution is 6.30. The van der Waals surface area contributed by atoms with Crippen molar-refractivity contribution in [3.8, 4) is 0 Å². The van der Waals surface area contributed by atoms with Gasteiger partial charge in [-0.15, -0.1) is 0 Å². The summed E-state index contributed by atoms with van der Waals surface area (Å²) in [6.07, 6.45) is 1.97. The van der Waals surface area contributed by atoms with Crippen molar-refractivity contribution < 1.29 is 0 Å². The number of hydrogen-bond acceptors (Lipinski definition) is 4. The van der Waals surface area contributed by atoms with Crippen LogP contribution in [0.4, 0.5) is 0 Å². The maximum atomic E-state index is 5.95. The number of hydrogen-bond donors (Lipinski definition) is 1. The van der Waals surface area contributed by atoms with Gasteiger partial charge in [0, 0.05) is 10.2 Å². The average molecular weight is 276 g/mol. The van der Waals surface area contributed by atoms with Gasteiger partial charge in [-0.25, -0.2) is 9.66 Å². The van der Waals surface area contributed by atoms with Crippen LogP contribution in [0.3, 0.4) is 0 Å². The van der Waals surface area contributed by atoms with Crippen LogP contribution in [-0.4, -0.2) is 9.66 Å². The molecule has 0 amide bonds. The summed E-state index contributed by atoms with van der Waals surface area (Å²) in [5.41, 5.74) is 5.07. The molecule has 0 saturated carbocycles. The number of fused-ring (bicyclic) bond motifs is 1. The Morgan fingerprint density at radius 2 is 2.00 bits per heavy atom. The fraction of sp³-hybridized carbons (Fsp3) is 0.231. The predicted octanol–water partition coefficient (Wildman–Crippen LogP) is 0.891. The van der Waals surface area contributed by atoms with E-state index in [0.29, 0.717) is 5.02 Å². The van der Waals surface area contributed by atoms with Crippen LogP contribution < -0.4 is 21.2 Å². The number of halogens is 1. The molecule has 2 heterocycles. The van der Waals surface area contributed by atoms with Crippen molar-refractivity contribution in [2.45, 2.75) is 20.8 Å². The van der Waals surface area contributed by atoms with Crippen LogP contribution in [0, 0.1) is 20.8 Å². The summed E-state index contributed by atoms with van der Waals surface area (Å²) < 4.78 is 1.98. The van der Waals surface area contributed by atoms with Gasteiger partial charge in [-0.05, 0) is 39.0 Å². The van der Waals surface area contributed by atoms with Crippen molar-refractivity contribution in [2.75, 3.05) is 5.12 Å². The molecule has 5 nitrogen and oxygen atoms in total. The van der Waals surface area contributed by atoms with Gasteiger partial charge in [0.2, 0.25) is 0 Å². The van der Waals surface area contributed by atoms with Gasteiger partial charge < -0.3 is 0 Å². The fourth-order valence-electron chi connectivity index (χ4n) is 2.18. The van der Waals surface area contributed by atoms with Gasteiger partial charge in [-0.1, -0.05) is 11.6 Å². The Morgan fingerprint density at radius 1 is 1.21 bits per heavy atom. The SMILES string of the molecule is Cc1nc(C)n(N2C=c3ccc(Cl)cc3=NN2)c1C. The van der Waals surface area contributed by atoms with Crippen LogP contribution in [0.15, 0.2) is 23.3 Å². The third-order valence-electron chi connectivity index (χ3n) is 3.22. The lowest BCUT2D eigenvalue weighted by molar-refractivity contribution is 0.552. The summed E-state index contributed by atoms with van der Waals surface area (Å²) in [5.74, 6) is 0.909. The zero-order chi connectivity index (χ0) is 13.6. The van der Waals surface area contributed by atoms with E-state index in [9.17, 15) is 0 Å². The summed E-state index contributed by atoms with van der Waals surface area (Å²) in [7, 11) is 0. The summed E-state index contributed by atoms with van der Waals surface area (Å²) in [6.45, 7) is 5.99. The van der Waals surface area contributed by atoms with E-state index < -0.39 is 0 Å². The highest BCUT2D eigenvalue weighted by Gasteiger charge is 2.13. The first kappa shape index (κ1) is 12.0. The summed E-state index contributed by atoms with van der Waals surface area (Å²) in [4.78, 5) is 4.45. The minimum Gasteiger partial charge on any atom is -0.237 e. The molecule has 0 saturated heterocycles. The first-order valence-corrected chi connectivity index (χ1v) is 6.37. The average Bonchev–Trinajstić information content (AvgIpc) is 2.63. The molecule has 1 N–H and O–H groups in total. The van der Waals surface area contributed by atoms with Crippen LogP contribution in [-0.2, 0) is 0 Å². The first-order valence-electron chi connectivity index (χ1n) is 5.99. The summed E-state index contributed by atoms with van der Waals surface area (Å²) in [5, 5.41) is 8.65. The number of aromatic nitrogens is 2. The minimum atomic E-state index is 0.678. The summed E-state index contributed by atoms with van der Waals surface area (Å²) in [6, 6.07) is 5.63. The molecule has 0 radical (unpaired) electrons. The minimum absolute atomic E-state index is 0.678. The van der Waals surface area contributed by atoms with Gasteiger partial charge in [0.05, 0.1) is 22.9 Å². The third kappa shape index (κ3) is 1.96. The van der Waals surface area contributed by atoms with E-state index in [4.69, 9.17) is 11.6 Å². The molecule has 0 unspecified atom stereocenters. The Morgan fingerprint density at radius 3 is 2.68 bits per heavy atom. The van der Waals surface area contributed by atoms with Gasteiger partial charge in [-0.2, -0.15) is 15.8 Å². The zero-order valence-corrected chi connectivity index (χ0v) is 11.7. The van der Waals surface area contributed by atoms with Crippen LogP contribution in [0.2, 0.25) is 5.02 Å². The molecule has 0 bridgehead atoms. The molecule has 1 aliphatic rings. The van der Waals surface area contributed by atoms with E-state index in [1.807, 2.05) is 55.0 Å². The Bertz CT molecular complexity index is 762. The van der Waals surface area contributed by atoms with Gasteiger partial charge in [-0.3, -0.25) is 0 Å². The highest BCUT2D eigenvalue weighted by atomic mass is 35.5. The number of hydrazine groups is 1. The van der Waals surface area contributed by atoms with Crippen LogP contribution in [0.25, 0.3) is 6.20 Å². The number of aryl methyl sites for hydroxylation is 2. The Labute approximate surface area is 115 Å². The van der Waals surface area contributed by atoms with Gasteiger partial charge in [0.15, 0.2) is 0 Å². The van der Waals surface area contributed by atoms with E-state index in [-0.39, 0.29) is 0 Å². The van der Waals surface area contributed by atoms with E-state index in [1.165, 1.54) is 0 Å². The van der Waals surface area contributed by atoms with Crippen molar-refractivity contribution in [1.82, 2.24) is 15.2 Å². The molecule has 19 heavy (non-hydrogen) atoms. The van der Waals surface area contributed by atoms with Crippen molar-refractivity contribution in [1.29, 1.82) is 0 Å². The largest absolute Gasteiger partial charge is 0.237 e. The molecule has 0 spiro atoms. The second kappa shape index (κ2) is 4.28. The lowest BCUT2D eigenvalue weighted by atomic mass is 10.3. The molecular weight excluding hydrogens is 262 g/mol. The molecule has 3 rings (SSSR count). The molecule has 1 aromatic heterocycles. The topological polar surface area (TPSA) is 45.5 Å². The van der Waals surface area contributed by atoms with Crippen molar-refractivity contribution >= 4 is 17.8 Å². The molecule has 1 aliphatic heterocycles. The lowest BCUT2D eigenvalue weighted by Crippen LogP contribution is -2.48. The second-order valence-corrected chi connectivity index (χ2v) is 4.97. The molecule has 98 valence electrons. The van der Waals surface area contributed by atoms with E-state index in [1.54, 1.807) is 0 Å². The van der Waals surface area contributed by atoms with Crippen LogP contribution >= 0.6 is 11.6 Å². The van der Waals surface area contributed by atoms with E-state index >= 15 is 0 Å². The van der Waals surface area contributed by atoms with E-state index in [2.05, 4.69) is 15.6 Å². The molecule has 0 aliphatic carbocycles. The Kier molecular flexibility index (Phi) is 2.71. The Hall–Kier alpha value is -2.01. The van der Waals surface area contributed by atoms with E-state index in [0.717, 1.165) is 27.8 Å². The highest BCUT2D eigenvalue weighted by Crippen LogP contribution is 2.10. The number of imidazole rings is 1. The first-order chi connectivity index (χ1) is 9.06. The number of benzene rings is 1. The van der Waals surface area contributed by atoms with Gasteiger partial charge >= 0.3 is 0 Å². The van der Waals surface area contributed by atoms with Crippen LogP contribution in [0.5, 0.6) is 0 Å². The monoisotopic (exact) mass is 275 g/mol.